The van der Waals surface area contributed by atoms with Gasteiger partial charge in [0, 0.05) is 19.2 Å². The standard InChI is InChI=1S/C14H20N2O5S/c1-10-7-8-11(16(18)19)9-14(10)22(20,21)15(2)12-5-3-4-6-13(12)17/h7-9,12-13,17H,3-6H2,1-2H3/t12-,13-/m1/s1. The first-order chi connectivity index (χ1) is 10.2. The van der Waals surface area contributed by atoms with Gasteiger partial charge in [0.15, 0.2) is 0 Å². The molecule has 0 heterocycles. The number of non-ortho nitro benzene ring substituents is 1. The molecule has 22 heavy (non-hydrogen) atoms. The maximum atomic E-state index is 12.8. The second-order valence-electron chi connectivity index (χ2n) is 5.65. The fourth-order valence-electron chi connectivity index (χ4n) is 2.83. The Morgan fingerprint density at radius 2 is 1.95 bits per heavy atom. The van der Waals surface area contributed by atoms with Crippen molar-refractivity contribution in [3.05, 3.63) is 33.9 Å². The number of nitrogens with zero attached hydrogens (tertiary/aromatic N) is 2. The Morgan fingerprint density at radius 3 is 2.55 bits per heavy atom. The third kappa shape index (κ3) is 3.13. The van der Waals surface area contributed by atoms with Gasteiger partial charge in [-0.05, 0) is 25.3 Å². The van der Waals surface area contributed by atoms with E-state index in [2.05, 4.69) is 0 Å². The Balaban J connectivity index is 2.41. The van der Waals surface area contributed by atoms with E-state index in [1.165, 1.54) is 19.2 Å². The summed E-state index contributed by atoms with van der Waals surface area (Å²) in [4.78, 5) is 10.2. The number of sulfonamides is 1. The van der Waals surface area contributed by atoms with Gasteiger partial charge in [-0.15, -0.1) is 0 Å². The second kappa shape index (κ2) is 6.31. The van der Waals surface area contributed by atoms with Crippen molar-refractivity contribution >= 4 is 15.7 Å². The van der Waals surface area contributed by atoms with Crippen LogP contribution in [0.15, 0.2) is 23.1 Å². The minimum atomic E-state index is -3.89. The lowest BCUT2D eigenvalue weighted by Crippen LogP contribution is -2.46. The average molecular weight is 328 g/mol. The van der Waals surface area contributed by atoms with E-state index in [-0.39, 0.29) is 10.6 Å². The molecule has 0 unspecified atom stereocenters. The maximum Gasteiger partial charge on any atom is 0.270 e. The monoisotopic (exact) mass is 328 g/mol. The smallest absolute Gasteiger partial charge is 0.270 e. The molecule has 8 heteroatoms. The number of hydrogen-bond donors (Lipinski definition) is 1. The van der Waals surface area contributed by atoms with E-state index in [0.717, 1.165) is 23.2 Å². The lowest BCUT2D eigenvalue weighted by molar-refractivity contribution is -0.385. The summed E-state index contributed by atoms with van der Waals surface area (Å²) in [6, 6.07) is 3.30. The molecule has 0 spiro atoms. The van der Waals surface area contributed by atoms with Gasteiger partial charge in [0.05, 0.1) is 22.0 Å². The Bertz CT molecular complexity index is 674. The van der Waals surface area contributed by atoms with Gasteiger partial charge in [-0.1, -0.05) is 18.9 Å². The lowest BCUT2D eigenvalue weighted by atomic mass is 9.93. The molecule has 1 aliphatic carbocycles. The Labute approximate surface area is 129 Å². The molecule has 0 aromatic heterocycles. The zero-order valence-corrected chi connectivity index (χ0v) is 13.4. The van der Waals surface area contributed by atoms with Gasteiger partial charge >= 0.3 is 0 Å². The number of aryl methyl sites for hydroxylation is 1. The van der Waals surface area contributed by atoms with E-state index in [1.807, 2.05) is 0 Å². The van der Waals surface area contributed by atoms with Crippen molar-refractivity contribution in [2.75, 3.05) is 7.05 Å². The molecule has 1 aliphatic rings. The molecular formula is C14H20N2O5S. The van der Waals surface area contributed by atoms with Gasteiger partial charge in [-0.2, -0.15) is 4.31 Å². The van der Waals surface area contributed by atoms with E-state index in [0.29, 0.717) is 18.4 Å². The van der Waals surface area contributed by atoms with Crippen LogP contribution in [-0.2, 0) is 10.0 Å². The molecule has 0 amide bonds. The molecule has 1 N–H and O–H groups in total. The molecule has 0 saturated heterocycles. The van der Waals surface area contributed by atoms with E-state index < -0.39 is 27.1 Å². The van der Waals surface area contributed by atoms with Crippen molar-refractivity contribution in [2.45, 2.75) is 49.6 Å². The molecule has 2 rings (SSSR count). The first kappa shape index (κ1) is 16.9. The van der Waals surface area contributed by atoms with Crippen molar-refractivity contribution in [3.8, 4) is 0 Å². The van der Waals surface area contributed by atoms with Gasteiger partial charge in [0.25, 0.3) is 5.69 Å². The summed E-state index contributed by atoms with van der Waals surface area (Å²) in [6.07, 6.45) is 2.19. The average Bonchev–Trinajstić information content (AvgIpc) is 2.47. The van der Waals surface area contributed by atoms with Crippen LogP contribution in [0.25, 0.3) is 0 Å². The van der Waals surface area contributed by atoms with Crippen molar-refractivity contribution < 1.29 is 18.4 Å². The minimum Gasteiger partial charge on any atom is -0.391 e. The summed E-state index contributed by atoms with van der Waals surface area (Å²) in [5.74, 6) is 0. The predicted molar refractivity (Wildman–Crippen MR) is 81.0 cm³/mol. The highest BCUT2D eigenvalue weighted by Crippen LogP contribution is 2.29. The highest BCUT2D eigenvalue weighted by Gasteiger charge is 2.35. The van der Waals surface area contributed by atoms with E-state index in [9.17, 15) is 23.6 Å². The summed E-state index contributed by atoms with van der Waals surface area (Å²) in [7, 11) is -2.47. The maximum absolute atomic E-state index is 12.8. The first-order valence-corrected chi connectivity index (χ1v) is 8.60. The van der Waals surface area contributed by atoms with Crippen LogP contribution in [0.4, 0.5) is 5.69 Å². The Kier molecular flexibility index (Phi) is 4.84. The number of aliphatic hydroxyl groups excluding tert-OH is 1. The molecule has 7 nitrogen and oxygen atoms in total. The second-order valence-corrected chi connectivity index (χ2v) is 7.61. The van der Waals surface area contributed by atoms with E-state index >= 15 is 0 Å². The lowest BCUT2D eigenvalue weighted by Gasteiger charge is -2.34. The van der Waals surface area contributed by atoms with Crippen LogP contribution in [0.2, 0.25) is 0 Å². The fraction of sp³-hybridized carbons (Fsp3) is 0.571. The number of benzene rings is 1. The molecule has 1 saturated carbocycles. The van der Waals surface area contributed by atoms with E-state index in [1.54, 1.807) is 6.92 Å². The predicted octanol–water partition coefficient (Wildman–Crippen LogP) is 1.83. The van der Waals surface area contributed by atoms with Crippen LogP contribution in [0.1, 0.15) is 31.2 Å². The fourth-order valence-corrected chi connectivity index (χ4v) is 4.49. The minimum absolute atomic E-state index is 0.0815. The summed E-state index contributed by atoms with van der Waals surface area (Å²) in [5.41, 5.74) is 0.185. The zero-order chi connectivity index (χ0) is 16.5. The molecule has 2 atom stereocenters. The summed E-state index contributed by atoms with van der Waals surface area (Å²) in [5, 5.41) is 20.9. The number of nitro groups is 1. The van der Waals surface area contributed by atoms with Crippen molar-refractivity contribution in [1.82, 2.24) is 4.31 Å². The number of likely N-dealkylation sites (N-methyl/N-ethyl adjacent to an activating group) is 1. The van der Waals surface area contributed by atoms with E-state index in [4.69, 9.17) is 0 Å². The summed E-state index contributed by atoms with van der Waals surface area (Å²) in [6.45, 7) is 1.60. The van der Waals surface area contributed by atoms with Crippen molar-refractivity contribution in [3.63, 3.8) is 0 Å². The Hall–Kier alpha value is -1.51. The normalized spacial score (nSPS) is 22.7. The van der Waals surface area contributed by atoms with Gasteiger partial charge in [0.2, 0.25) is 10.0 Å². The molecule has 0 radical (unpaired) electrons. The largest absolute Gasteiger partial charge is 0.391 e. The number of nitro benzene ring substituents is 1. The molecular weight excluding hydrogens is 308 g/mol. The number of hydrogen-bond acceptors (Lipinski definition) is 5. The van der Waals surface area contributed by atoms with Crippen molar-refractivity contribution in [1.29, 1.82) is 0 Å². The molecule has 122 valence electrons. The molecule has 1 fully saturated rings. The Morgan fingerprint density at radius 1 is 1.32 bits per heavy atom. The van der Waals surface area contributed by atoms with Gasteiger partial charge < -0.3 is 5.11 Å². The SMILES string of the molecule is Cc1ccc([N+](=O)[O-])cc1S(=O)(=O)N(C)[C@@H]1CCCC[C@H]1O. The molecule has 0 bridgehead atoms. The van der Waals surface area contributed by atoms with Crippen LogP contribution < -0.4 is 0 Å². The molecule has 1 aromatic rings. The number of rotatable bonds is 4. The van der Waals surface area contributed by atoms with Gasteiger partial charge in [0.1, 0.15) is 0 Å². The van der Waals surface area contributed by atoms with Crippen LogP contribution in [0, 0.1) is 17.0 Å². The van der Waals surface area contributed by atoms with Crippen LogP contribution in [0.5, 0.6) is 0 Å². The first-order valence-electron chi connectivity index (χ1n) is 7.16. The highest BCUT2D eigenvalue weighted by molar-refractivity contribution is 7.89. The van der Waals surface area contributed by atoms with Gasteiger partial charge in [-0.3, -0.25) is 10.1 Å². The summed E-state index contributed by atoms with van der Waals surface area (Å²) >= 11 is 0. The van der Waals surface area contributed by atoms with Crippen molar-refractivity contribution in [2.24, 2.45) is 0 Å². The van der Waals surface area contributed by atoms with Crippen LogP contribution in [0.3, 0.4) is 0 Å². The third-order valence-corrected chi connectivity index (χ3v) is 6.23. The van der Waals surface area contributed by atoms with Gasteiger partial charge in [-0.25, -0.2) is 8.42 Å². The third-order valence-electron chi connectivity index (χ3n) is 4.20. The van der Waals surface area contributed by atoms with Crippen LogP contribution in [-0.4, -0.2) is 41.9 Å². The quantitative estimate of drug-likeness (QED) is 0.671. The topological polar surface area (TPSA) is 101 Å². The zero-order valence-electron chi connectivity index (χ0n) is 12.6. The molecule has 1 aromatic carbocycles. The van der Waals surface area contributed by atoms with Crippen LogP contribution >= 0.6 is 0 Å². The summed E-state index contributed by atoms with van der Waals surface area (Å²) < 4.78 is 26.7. The highest BCUT2D eigenvalue weighted by atomic mass is 32.2. The number of aliphatic hydroxyl groups is 1. The molecule has 0 aliphatic heterocycles.